The van der Waals surface area contributed by atoms with E-state index in [-0.39, 0.29) is 6.04 Å². The molecule has 2 atom stereocenters. The minimum absolute atomic E-state index is 0.231. The summed E-state index contributed by atoms with van der Waals surface area (Å²) in [7, 11) is 1.68. The van der Waals surface area contributed by atoms with Gasteiger partial charge >= 0.3 is 0 Å². The summed E-state index contributed by atoms with van der Waals surface area (Å²) in [5.41, 5.74) is 1.93. The van der Waals surface area contributed by atoms with E-state index in [1.807, 2.05) is 20.0 Å². The predicted octanol–water partition coefficient (Wildman–Crippen LogP) is 2.58. The summed E-state index contributed by atoms with van der Waals surface area (Å²) in [5.74, 6) is 0.922. The van der Waals surface area contributed by atoms with Gasteiger partial charge in [0.05, 0.1) is 6.61 Å². The summed E-state index contributed by atoms with van der Waals surface area (Å²) in [5, 5.41) is 11.6. The Labute approximate surface area is 134 Å². The molecule has 0 aromatic carbocycles. The van der Waals surface area contributed by atoms with Crippen LogP contribution in [-0.2, 0) is 4.74 Å². The highest BCUT2D eigenvalue weighted by Crippen LogP contribution is 2.23. The molecule has 0 bridgehead atoms. The van der Waals surface area contributed by atoms with Crippen LogP contribution in [0.25, 0.3) is 0 Å². The normalized spacial score (nSPS) is 20.2. The van der Waals surface area contributed by atoms with Crippen molar-refractivity contribution < 1.29 is 4.74 Å². The summed E-state index contributed by atoms with van der Waals surface area (Å²) in [4.78, 5) is 6.11. The maximum absolute atomic E-state index is 8.31. The molecule has 0 saturated carbocycles. The highest BCUT2D eigenvalue weighted by atomic mass is 16.5. The molecule has 1 aliphatic rings. The van der Waals surface area contributed by atoms with E-state index >= 15 is 0 Å². The molecule has 0 amide bonds. The quantitative estimate of drug-likeness (QED) is 0.535. The van der Waals surface area contributed by atoms with E-state index in [1.54, 1.807) is 13.3 Å². The van der Waals surface area contributed by atoms with E-state index in [9.17, 15) is 0 Å². The zero-order valence-electron chi connectivity index (χ0n) is 13.9. The number of hydrogen-bond donors (Lipinski definition) is 2. The van der Waals surface area contributed by atoms with Crippen molar-refractivity contribution in [2.45, 2.75) is 26.3 Å². The average molecular weight is 304 g/mol. The fraction of sp³-hybridized carbons (Fsp3) is 0.529. The molecular weight excluding hydrogens is 276 g/mol. The molecule has 0 unspecified atom stereocenters. The Morgan fingerprint density at radius 2 is 2.32 bits per heavy atom. The lowest BCUT2D eigenvalue weighted by Crippen LogP contribution is -2.31. The number of ether oxygens (including phenoxy) is 1. The summed E-state index contributed by atoms with van der Waals surface area (Å²) in [6, 6.07) is 0.231. The summed E-state index contributed by atoms with van der Waals surface area (Å²) < 4.78 is 5.08. The molecule has 1 fully saturated rings. The van der Waals surface area contributed by atoms with Crippen LogP contribution in [0.3, 0.4) is 0 Å². The largest absolute Gasteiger partial charge is 0.386 e. The molecule has 0 aromatic rings. The van der Waals surface area contributed by atoms with Gasteiger partial charge in [-0.05, 0) is 25.8 Å². The van der Waals surface area contributed by atoms with Crippen LogP contribution < -0.4 is 5.32 Å². The average Bonchev–Trinajstić information content (AvgIpc) is 2.99. The van der Waals surface area contributed by atoms with E-state index in [4.69, 9.17) is 10.1 Å². The van der Waals surface area contributed by atoms with Gasteiger partial charge in [-0.2, -0.15) is 0 Å². The van der Waals surface area contributed by atoms with Crippen molar-refractivity contribution in [1.82, 2.24) is 10.2 Å². The fourth-order valence-corrected chi connectivity index (χ4v) is 2.40. The zero-order valence-corrected chi connectivity index (χ0v) is 13.9. The van der Waals surface area contributed by atoms with Gasteiger partial charge in [-0.1, -0.05) is 13.2 Å². The molecule has 1 aliphatic heterocycles. The number of rotatable bonds is 8. The van der Waals surface area contributed by atoms with Crippen molar-refractivity contribution in [3.05, 3.63) is 36.7 Å². The number of aliphatic imine (C=N–C) groups is 1. The molecule has 5 nitrogen and oxygen atoms in total. The fourth-order valence-electron chi connectivity index (χ4n) is 2.40. The molecule has 0 spiro atoms. The summed E-state index contributed by atoms with van der Waals surface area (Å²) in [6.45, 7) is 14.0. The first-order chi connectivity index (χ1) is 10.5. The summed E-state index contributed by atoms with van der Waals surface area (Å²) >= 11 is 0. The van der Waals surface area contributed by atoms with Gasteiger partial charge in [0.15, 0.2) is 0 Å². The smallest absolute Gasteiger partial charge is 0.125 e. The van der Waals surface area contributed by atoms with Crippen LogP contribution >= 0.6 is 0 Å². The first-order valence-corrected chi connectivity index (χ1v) is 7.58. The van der Waals surface area contributed by atoms with Gasteiger partial charge in [0.2, 0.25) is 0 Å². The van der Waals surface area contributed by atoms with Crippen molar-refractivity contribution in [1.29, 1.82) is 5.41 Å². The van der Waals surface area contributed by atoms with Crippen molar-refractivity contribution >= 4 is 12.1 Å². The first kappa shape index (κ1) is 18.2. The Hall–Kier alpha value is -1.88. The molecule has 1 rings (SSSR count). The minimum Gasteiger partial charge on any atom is -0.386 e. The van der Waals surface area contributed by atoms with Crippen LogP contribution in [0.15, 0.2) is 41.7 Å². The number of nitrogens with zero attached hydrogens (tertiary/aromatic N) is 2. The van der Waals surface area contributed by atoms with E-state index < -0.39 is 0 Å². The Kier molecular flexibility index (Phi) is 7.60. The third-order valence-electron chi connectivity index (χ3n) is 3.75. The van der Waals surface area contributed by atoms with Crippen molar-refractivity contribution in [3.8, 4) is 0 Å². The van der Waals surface area contributed by atoms with Gasteiger partial charge in [-0.3, -0.25) is 10.4 Å². The van der Waals surface area contributed by atoms with Gasteiger partial charge in [0.25, 0.3) is 0 Å². The van der Waals surface area contributed by atoms with Crippen molar-refractivity contribution in [3.63, 3.8) is 0 Å². The van der Waals surface area contributed by atoms with Crippen LogP contribution in [0.2, 0.25) is 0 Å². The molecular formula is C17H28N4O. The number of methoxy groups -OCH3 is 1. The molecule has 1 heterocycles. The van der Waals surface area contributed by atoms with Gasteiger partial charge in [0, 0.05) is 56.3 Å². The molecule has 5 heteroatoms. The molecule has 2 N–H and O–H groups in total. The van der Waals surface area contributed by atoms with Gasteiger partial charge in [-0.25, -0.2) is 0 Å². The monoisotopic (exact) mass is 304 g/mol. The number of likely N-dealkylation sites (tertiary alicyclic amines) is 1. The van der Waals surface area contributed by atoms with Gasteiger partial charge in [0.1, 0.15) is 5.84 Å². The van der Waals surface area contributed by atoms with Crippen LogP contribution in [0.1, 0.15) is 20.3 Å². The molecule has 0 radical (unpaired) electrons. The second kappa shape index (κ2) is 9.20. The Morgan fingerprint density at radius 3 is 2.95 bits per heavy atom. The van der Waals surface area contributed by atoms with Crippen LogP contribution in [0, 0.1) is 11.3 Å². The van der Waals surface area contributed by atoms with Crippen LogP contribution in [-0.4, -0.2) is 49.8 Å². The molecule has 0 aliphatic carbocycles. The van der Waals surface area contributed by atoms with Crippen LogP contribution in [0.5, 0.6) is 0 Å². The number of nitrogens with one attached hydrogen (secondary N) is 2. The lowest BCUT2D eigenvalue weighted by atomic mass is 10.0. The third-order valence-corrected chi connectivity index (χ3v) is 3.75. The number of hydrogen-bond acceptors (Lipinski definition) is 4. The summed E-state index contributed by atoms with van der Waals surface area (Å²) in [6.07, 6.45) is 6.18. The highest BCUT2D eigenvalue weighted by Gasteiger charge is 2.26. The van der Waals surface area contributed by atoms with Crippen molar-refractivity contribution in [2.75, 3.05) is 26.8 Å². The maximum Gasteiger partial charge on any atom is 0.125 e. The molecule has 0 aromatic heterocycles. The maximum atomic E-state index is 8.31. The molecule has 1 saturated heterocycles. The van der Waals surface area contributed by atoms with E-state index in [0.29, 0.717) is 18.4 Å². The van der Waals surface area contributed by atoms with E-state index in [1.165, 1.54) is 6.20 Å². The van der Waals surface area contributed by atoms with Crippen LogP contribution in [0.4, 0.5) is 0 Å². The lowest BCUT2D eigenvalue weighted by molar-refractivity contribution is 0.177. The Morgan fingerprint density at radius 1 is 1.59 bits per heavy atom. The van der Waals surface area contributed by atoms with E-state index in [0.717, 1.165) is 30.7 Å². The molecule has 122 valence electrons. The predicted molar refractivity (Wildman–Crippen MR) is 93.5 cm³/mol. The second-order valence-electron chi connectivity index (χ2n) is 5.67. The SMILES string of the molecule is C=C/N=C\C(=C)[C@@H]1CCN(C(=N)/C(C)=C/N[C@H](C)COC)C1. The van der Waals surface area contributed by atoms with Gasteiger partial charge < -0.3 is 15.0 Å². The molecule has 22 heavy (non-hydrogen) atoms. The van der Waals surface area contributed by atoms with Crippen molar-refractivity contribution in [2.24, 2.45) is 10.9 Å². The highest BCUT2D eigenvalue weighted by molar-refractivity contribution is 5.95. The Balaban J connectivity index is 2.53. The third kappa shape index (κ3) is 5.48. The second-order valence-corrected chi connectivity index (χ2v) is 5.67. The Bertz CT molecular complexity index is 467. The standard InChI is InChI=1S/C17H28N4O/c1-6-19-9-13(2)16-7-8-21(11-16)17(18)14(3)10-20-15(4)12-22-5/h6,9-10,15-16,18,20H,1-2,7-8,11-12H2,3-5H3/b14-10+,18-17?,19-9-/t15-,16-/m1/s1. The zero-order chi connectivity index (χ0) is 16.5. The van der Waals surface area contributed by atoms with Gasteiger partial charge in [-0.15, -0.1) is 0 Å². The first-order valence-electron chi connectivity index (χ1n) is 7.58. The number of amidine groups is 1. The minimum atomic E-state index is 0.231. The topological polar surface area (TPSA) is 60.7 Å². The lowest BCUT2D eigenvalue weighted by Gasteiger charge is -2.21. The van der Waals surface area contributed by atoms with E-state index in [2.05, 4.69) is 28.4 Å².